The number of carbonyl (C=O) groups excluding carboxylic acids is 1. The summed E-state index contributed by atoms with van der Waals surface area (Å²) in [5.41, 5.74) is -0.478. The van der Waals surface area contributed by atoms with Crippen molar-refractivity contribution in [3.8, 4) is 0 Å². The number of nitrogens with one attached hydrogen (secondary N) is 1. The summed E-state index contributed by atoms with van der Waals surface area (Å²) in [5.74, 6) is -0.381. The molecule has 106 valence electrons. The number of amides is 2. The number of aliphatic hydroxyl groups is 1. The Balaban J connectivity index is 2.77. The number of anilines is 1. The van der Waals surface area contributed by atoms with Gasteiger partial charge in [-0.3, -0.25) is 0 Å². The number of hydrogen-bond donors (Lipinski definition) is 2. The molecule has 0 aliphatic carbocycles. The SMILES string of the molecule is CCN(CC(C)(C)O)C(=O)Nc1ccc(F)cc1Br. The third-order valence-corrected chi connectivity index (χ3v) is 3.08. The molecular formula is C13H18BrFN2O2. The van der Waals surface area contributed by atoms with Crippen LogP contribution in [0.4, 0.5) is 14.9 Å². The summed E-state index contributed by atoms with van der Waals surface area (Å²) in [6.45, 7) is 5.78. The number of carbonyl (C=O) groups is 1. The van der Waals surface area contributed by atoms with Crippen LogP contribution in [0, 0.1) is 5.82 Å². The smallest absolute Gasteiger partial charge is 0.321 e. The molecule has 2 N–H and O–H groups in total. The van der Waals surface area contributed by atoms with E-state index in [4.69, 9.17) is 0 Å². The largest absolute Gasteiger partial charge is 0.389 e. The minimum atomic E-state index is -0.965. The predicted octanol–water partition coefficient (Wildman–Crippen LogP) is 3.21. The van der Waals surface area contributed by atoms with Gasteiger partial charge < -0.3 is 15.3 Å². The van der Waals surface area contributed by atoms with Crippen LogP contribution >= 0.6 is 15.9 Å². The van der Waals surface area contributed by atoms with Gasteiger partial charge in [-0.2, -0.15) is 0 Å². The van der Waals surface area contributed by atoms with Crippen LogP contribution in [-0.4, -0.2) is 34.7 Å². The van der Waals surface area contributed by atoms with Crippen molar-refractivity contribution in [2.45, 2.75) is 26.4 Å². The molecule has 0 unspecified atom stereocenters. The highest BCUT2D eigenvalue weighted by atomic mass is 79.9. The van der Waals surface area contributed by atoms with E-state index in [-0.39, 0.29) is 18.4 Å². The maximum atomic E-state index is 12.9. The van der Waals surface area contributed by atoms with Crippen molar-refractivity contribution >= 4 is 27.6 Å². The quantitative estimate of drug-likeness (QED) is 0.889. The third-order valence-electron chi connectivity index (χ3n) is 2.42. The van der Waals surface area contributed by atoms with Crippen LogP contribution in [0.5, 0.6) is 0 Å². The van der Waals surface area contributed by atoms with E-state index in [0.29, 0.717) is 16.7 Å². The van der Waals surface area contributed by atoms with E-state index in [1.165, 1.54) is 23.1 Å². The minimum absolute atomic E-state index is 0.216. The summed E-state index contributed by atoms with van der Waals surface area (Å²) < 4.78 is 13.4. The maximum absolute atomic E-state index is 12.9. The highest BCUT2D eigenvalue weighted by Gasteiger charge is 2.21. The van der Waals surface area contributed by atoms with Crippen LogP contribution in [0.1, 0.15) is 20.8 Å². The fourth-order valence-electron chi connectivity index (χ4n) is 1.58. The van der Waals surface area contributed by atoms with Crippen LogP contribution in [0.3, 0.4) is 0 Å². The van der Waals surface area contributed by atoms with Crippen molar-refractivity contribution < 1.29 is 14.3 Å². The second kappa shape index (κ2) is 6.34. The topological polar surface area (TPSA) is 52.6 Å². The van der Waals surface area contributed by atoms with Gasteiger partial charge in [0.25, 0.3) is 0 Å². The molecule has 4 nitrogen and oxygen atoms in total. The van der Waals surface area contributed by atoms with Gasteiger partial charge in [-0.25, -0.2) is 9.18 Å². The molecule has 6 heteroatoms. The van der Waals surface area contributed by atoms with E-state index in [1.807, 2.05) is 6.92 Å². The number of benzene rings is 1. The lowest BCUT2D eigenvalue weighted by Gasteiger charge is -2.28. The Kier molecular flexibility index (Phi) is 5.31. The number of rotatable bonds is 4. The monoisotopic (exact) mass is 332 g/mol. The van der Waals surface area contributed by atoms with Crippen molar-refractivity contribution in [3.63, 3.8) is 0 Å². The molecule has 0 aromatic heterocycles. The molecule has 0 atom stereocenters. The van der Waals surface area contributed by atoms with Crippen molar-refractivity contribution in [3.05, 3.63) is 28.5 Å². The van der Waals surface area contributed by atoms with Gasteiger partial charge in [-0.05, 0) is 54.9 Å². The maximum Gasteiger partial charge on any atom is 0.321 e. The summed E-state index contributed by atoms with van der Waals surface area (Å²) in [6.07, 6.45) is 0. The molecule has 1 rings (SSSR count). The second-order valence-electron chi connectivity index (χ2n) is 4.88. The van der Waals surface area contributed by atoms with Gasteiger partial charge >= 0.3 is 6.03 Å². The molecule has 2 amide bonds. The first-order chi connectivity index (χ1) is 8.73. The number of halogens is 2. The number of hydrogen-bond acceptors (Lipinski definition) is 2. The third kappa shape index (κ3) is 5.16. The Bertz CT molecular complexity index is 460. The fraction of sp³-hybridized carbons (Fsp3) is 0.462. The molecule has 0 spiro atoms. The molecule has 0 aliphatic heterocycles. The van der Waals surface area contributed by atoms with E-state index < -0.39 is 5.60 Å². The van der Waals surface area contributed by atoms with Crippen molar-refractivity contribution in [1.29, 1.82) is 0 Å². The highest BCUT2D eigenvalue weighted by molar-refractivity contribution is 9.10. The molecular weight excluding hydrogens is 315 g/mol. The molecule has 0 aliphatic rings. The number of likely N-dealkylation sites (N-methyl/N-ethyl adjacent to an activating group) is 1. The lowest BCUT2D eigenvalue weighted by molar-refractivity contribution is 0.0501. The Hall–Kier alpha value is -1.14. The average Bonchev–Trinajstić information content (AvgIpc) is 2.28. The molecule has 1 aromatic carbocycles. The zero-order valence-electron chi connectivity index (χ0n) is 11.2. The van der Waals surface area contributed by atoms with Crippen LogP contribution in [0.2, 0.25) is 0 Å². The predicted molar refractivity (Wildman–Crippen MR) is 76.7 cm³/mol. The molecule has 19 heavy (non-hydrogen) atoms. The van der Waals surface area contributed by atoms with Gasteiger partial charge in [0.05, 0.1) is 17.8 Å². The Labute approximate surface area is 120 Å². The minimum Gasteiger partial charge on any atom is -0.389 e. The molecule has 0 bridgehead atoms. The Morgan fingerprint density at radius 3 is 2.63 bits per heavy atom. The van der Waals surface area contributed by atoms with Crippen LogP contribution in [0.25, 0.3) is 0 Å². The van der Waals surface area contributed by atoms with Gasteiger partial charge in [0.15, 0.2) is 0 Å². The number of nitrogens with zero attached hydrogens (tertiary/aromatic N) is 1. The van der Waals surface area contributed by atoms with Gasteiger partial charge in [0.2, 0.25) is 0 Å². The summed E-state index contributed by atoms with van der Waals surface area (Å²) in [7, 11) is 0. The van der Waals surface area contributed by atoms with Crippen molar-refractivity contribution in [2.75, 3.05) is 18.4 Å². The van der Waals surface area contributed by atoms with Gasteiger partial charge in [-0.15, -0.1) is 0 Å². The van der Waals surface area contributed by atoms with Crippen molar-refractivity contribution in [1.82, 2.24) is 4.90 Å². The normalized spacial score (nSPS) is 11.3. The first-order valence-corrected chi connectivity index (χ1v) is 6.75. The number of urea groups is 1. The Morgan fingerprint density at radius 1 is 1.53 bits per heavy atom. The van der Waals surface area contributed by atoms with E-state index in [1.54, 1.807) is 13.8 Å². The lowest BCUT2D eigenvalue weighted by atomic mass is 10.1. The van der Waals surface area contributed by atoms with Crippen molar-refractivity contribution in [2.24, 2.45) is 0 Å². The summed E-state index contributed by atoms with van der Waals surface area (Å²) in [6, 6.07) is 3.70. The summed E-state index contributed by atoms with van der Waals surface area (Å²) in [4.78, 5) is 13.5. The fourth-order valence-corrected chi connectivity index (χ4v) is 2.03. The zero-order valence-corrected chi connectivity index (χ0v) is 12.8. The van der Waals surface area contributed by atoms with E-state index >= 15 is 0 Å². The molecule has 0 fully saturated rings. The van der Waals surface area contributed by atoms with E-state index in [2.05, 4.69) is 21.2 Å². The lowest BCUT2D eigenvalue weighted by Crippen LogP contribution is -2.44. The highest BCUT2D eigenvalue weighted by Crippen LogP contribution is 2.23. The van der Waals surface area contributed by atoms with Crippen LogP contribution in [0.15, 0.2) is 22.7 Å². The first-order valence-electron chi connectivity index (χ1n) is 5.96. The summed E-state index contributed by atoms with van der Waals surface area (Å²) in [5, 5.41) is 12.4. The Morgan fingerprint density at radius 2 is 2.16 bits per heavy atom. The standard InChI is InChI=1S/C13H18BrFN2O2/c1-4-17(8-13(2,3)19)12(18)16-11-6-5-9(15)7-10(11)14/h5-7,19H,4,8H2,1-3H3,(H,16,18). The molecule has 0 saturated carbocycles. The van der Waals surface area contributed by atoms with Gasteiger partial charge in [0.1, 0.15) is 5.82 Å². The molecule has 0 saturated heterocycles. The summed E-state index contributed by atoms with van der Waals surface area (Å²) >= 11 is 3.19. The van der Waals surface area contributed by atoms with Gasteiger partial charge in [-0.1, -0.05) is 0 Å². The molecule has 0 radical (unpaired) electrons. The average molecular weight is 333 g/mol. The second-order valence-corrected chi connectivity index (χ2v) is 5.74. The van der Waals surface area contributed by atoms with E-state index in [0.717, 1.165) is 0 Å². The molecule has 1 aromatic rings. The van der Waals surface area contributed by atoms with E-state index in [9.17, 15) is 14.3 Å². The zero-order chi connectivity index (χ0) is 14.6. The van der Waals surface area contributed by atoms with Gasteiger partial charge in [0, 0.05) is 11.0 Å². The van der Waals surface area contributed by atoms with Crippen LogP contribution < -0.4 is 5.32 Å². The molecule has 0 heterocycles. The first kappa shape index (κ1) is 15.9. The van der Waals surface area contributed by atoms with Crippen LogP contribution in [-0.2, 0) is 0 Å².